The molecule has 0 aromatic heterocycles. The first-order valence-corrected chi connectivity index (χ1v) is 7.91. The van der Waals surface area contributed by atoms with Crippen molar-refractivity contribution >= 4 is 16.0 Å². The van der Waals surface area contributed by atoms with Crippen molar-refractivity contribution in [1.82, 2.24) is 0 Å². The summed E-state index contributed by atoms with van der Waals surface area (Å²) in [5, 5.41) is 4.91. The molecule has 0 amide bonds. The molecule has 0 radical (unpaired) electrons. The van der Waals surface area contributed by atoms with Gasteiger partial charge in [-0.05, 0) is 30.5 Å². The quantitative estimate of drug-likeness (QED) is 0.840. The van der Waals surface area contributed by atoms with Crippen molar-refractivity contribution in [2.75, 3.05) is 6.61 Å². The maximum absolute atomic E-state index is 13.3. The van der Waals surface area contributed by atoms with Crippen LogP contribution in [0.5, 0.6) is 0 Å². The number of primary sulfonamides is 1. The third-order valence-corrected chi connectivity index (χ3v) is 4.31. The van der Waals surface area contributed by atoms with Crippen LogP contribution in [0.25, 0.3) is 0 Å². The minimum Gasteiger partial charge on any atom is -0.462 e. The van der Waals surface area contributed by atoms with E-state index in [1.54, 1.807) is 0 Å². The fourth-order valence-corrected chi connectivity index (χ4v) is 2.60. The van der Waals surface area contributed by atoms with E-state index in [0.29, 0.717) is 5.92 Å². The number of carbonyl (C=O) groups excluding carboxylic acids is 1. The fraction of sp³-hybridized carbons (Fsp3) is 0.462. The summed E-state index contributed by atoms with van der Waals surface area (Å²) in [5.74, 6) is -0.994. The van der Waals surface area contributed by atoms with Gasteiger partial charge in [0, 0.05) is 0 Å². The van der Waals surface area contributed by atoms with E-state index >= 15 is 0 Å². The van der Waals surface area contributed by atoms with Crippen LogP contribution in [-0.2, 0) is 14.8 Å². The van der Waals surface area contributed by atoms with Crippen LogP contribution in [0, 0.1) is 11.7 Å². The summed E-state index contributed by atoms with van der Waals surface area (Å²) < 4.78 is 40.7. The van der Waals surface area contributed by atoms with Gasteiger partial charge in [0.25, 0.3) is 0 Å². The lowest BCUT2D eigenvalue weighted by Gasteiger charge is -2.24. The van der Waals surface area contributed by atoms with Crippen molar-refractivity contribution in [2.24, 2.45) is 11.1 Å². The summed E-state index contributed by atoms with van der Waals surface area (Å²) >= 11 is 0. The molecule has 7 heteroatoms. The monoisotopic (exact) mass is 301 g/mol. The molecule has 1 fully saturated rings. The van der Waals surface area contributed by atoms with Crippen LogP contribution in [0.3, 0.4) is 0 Å². The molecule has 5 nitrogen and oxygen atoms in total. The molecule has 1 saturated carbocycles. The lowest BCUT2D eigenvalue weighted by atomic mass is 9.83. The van der Waals surface area contributed by atoms with Crippen molar-refractivity contribution in [1.29, 1.82) is 0 Å². The van der Waals surface area contributed by atoms with Gasteiger partial charge in [-0.1, -0.05) is 19.3 Å². The second-order valence-corrected chi connectivity index (χ2v) is 6.50. The minimum absolute atomic E-state index is 0.150. The summed E-state index contributed by atoms with van der Waals surface area (Å²) in [6.45, 7) is 0.255. The summed E-state index contributed by atoms with van der Waals surface area (Å²) in [6.07, 6.45) is 4.28. The van der Waals surface area contributed by atoms with Crippen LogP contribution < -0.4 is 5.14 Å². The fourth-order valence-electron chi connectivity index (χ4n) is 2.03. The Morgan fingerprint density at radius 2 is 2.05 bits per heavy atom. The highest BCUT2D eigenvalue weighted by atomic mass is 32.2. The highest BCUT2D eigenvalue weighted by Gasteiger charge is 2.19. The second-order valence-electron chi connectivity index (χ2n) is 4.94. The summed E-state index contributed by atoms with van der Waals surface area (Å²) in [5.41, 5.74) is -0.150. The van der Waals surface area contributed by atoms with Crippen LogP contribution in [0.2, 0.25) is 0 Å². The van der Waals surface area contributed by atoms with E-state index in [4.69, 9.17) is 9.88 Å². The Morgan fingerprint density at radius 3 is 2.60 bits per heavy atom. The van der Waals surface area contributed by atoms with E-state index in [9.17, 15) is 17.6 Å². The van der Waals surface area contributed by atoms with Crippen molar-refractivity contribution in [3.8, 4) is 0 Å². The Balaban J connectivity index is 2.03. The largest absolute Gasteiger partial charge is 0.462 e. The van der Waals surface area contributed by atoms with Crippen LogP contribution in [0.15, 0.2) is 23.1 Å². The molecular weight excluding hydrogens is 285 g/mol. The van der Waals surface area contributed by atoms with Crippen LogP contribution in [0.1, 0.15) is 36.0 Å². The van der Waals surface area contributed by atoms with Gasteiger partial charge in [-0.15, -0.1) is 0 Å². The average molecular weight is 301 g/mol. The predicted molar refractivity (Wildman–Crippen MR) is 70.0 cm³/mol. The molecule has 110 valence electrons. The number of halogens is 1. The Labute approximate surface area is 117 Å². The van der Waals surface area contributed by atoms with Gasteiger partial charge in [0.05, 0.1) is 17.1 Å². The molecule has 0 saturated heterocycles. The molecule has 2 N–H and O–H groups in total. The molecule has 1 aliphatic carbocycles. The lowest BCUT2D eigenvalue weighted by molar-refractivity contribution is 0.0463. The van der Waals surface area contributed by atoms with Crippen LogP contribution in [0.4, 0.5) is 4.39 Å². The van der Waals surface area contributed by atoms with Crippen molar-refractivity contribution in [3.05, 3.63) is 29.6 Å². The number of nitrogens with two attached hydrogens (primary N) is 1. The van der Waals surface area contributed by atoms with Gasteiger partial charge >= 0.3 is 5.97 Å². The van der Waals surface area contributed by atoms with Gasteiger partial charge in [0.1, 0.15) is 5.82 Å². The normalized spacial score (nSPS) is 15.7. The summed E-state index contributed by atoms with van der Waals surface area (Å²) in [4.78, 5) is 11.3. The number of esters is 1. The number of carbonyl (C=O) groups is 1. The Kier molecular flexibility index (Phi) is 4.39. The maximum Gasteiger partial charge on any atom is 0.338 e. The molecule has 2 rings (SSSR count). The maximum atomic E-state index is 13.3. The molecule has 0 aliphatic heterocycles. The number of ether oxygens (including phenoxy) is 1. The Hall–Kier alpha value is -1.47. The Bertz CT molecular complexity index is 611. The van der Waals surface area contributed by atoms with Gasteiger partial charge in [-0.25, -0.2) is 22.7 Å². The topological polar surface area (TPSA) is 86.5 Å². The highest BCUT2D eigenvalue weighted by molar-refractivity contribution is 7.89. The smallest absolute Gasteiger partial charge is 0.338 e. The molecule has 0 unspecified atom stereocenters. The van der Waals surface area contributed by atoms with Gasteiger partial charge in [-0.2, -0.15) is 0 Å². The van der Waals surface area contributed by atoms with Gasteiger partial charge < -0.3 is 4.74 Å². The third-order valence-electron chi connectivity index (χ3n) is 3.42. The van der Waals surface area contributed by atoms with E-state index in [2.05, 4.69) is 0 Å². The molecule has 0 bridgehead atoms. The summed E-state index contributed by atoms with van der Waals surface area (Å²) in [6, 6.07) is 2.71. The van der Waals surface area contributed by atoms with E-state index in [1.165, 1.54) is 6.42 Å². The van der Waals surface area contributed by atoms with Gasteiger partial charge in [-0.3, -0.25) is 0 Å². The first-order valence-electron chi connectivity index (χ1n) is 6.37. The molecule has 1 aromatic carbocycles. The zero-order valence-corrected chi connectivity index (χ0v) is 11.7. The molecule has 0 spiro atoms. The molecule has 0 atom stereocenters. The standard InChI is InChI=1S/C13H16FNO4S/c14-11-6-10(7-12(8-11)20(15,17)18)13(16)19-5-4-9-2-1-3-9/h6-9H,1-5H2,(H2,15,17,18). The van der Waals surface area contributed by atoms with E-state index < -0.39 is 26.7 Å². The number of hydrogen-bond donors (Lipinski definition) is 1. The van der Waals surface area contributed by atoms with E-state index in [1.807, 2.05) is 0 Å². The average Bonchev–Trinajstić information content (AvgIpc) is 2.30. The van der Waals surface area contributed by atoms with Crippen molar-refractivity contribution < 1.29 is 22.3 Å². The molecule has 0 heterocycles. The van der Waals surface area contributed by atoms with Gasteiger partial charge in [0.2, 0.25) is 10.0 Å². The van der Waals surface area contributed by atoms with Crippen LogP contribution >= 0.6 is 0 Å². The van der Waals surface area contributed by atoms with Crippen molar-refractivity contribution in [3.63, 3.8) is 0 Å². The van der Waals surface area contributed by atoms with E-state index in [-0.39, 0.29) is 12.2 Å². The second kappa shape index (κ2) is 5.88. The SMILES string of the molecule is NS(=O)(=O)c1cc(F)cc(C(=O)OCCC2CCC2)c1. The molecular formula is C13H16FNO4S. The Morgan fingerprint density at radius 1 is 1.35 bits per heavy atom. The first-order chi connectivity index (χ1) is 9.36. The number of rotatable bonds is 5. The number of hydrogen-bond acceptors (Lipinski definition) is 4. The number of benzene rings is 1. The van der Waals surface area contributed by atoms with E-state index in [0.717, 1.165) is 37.5 Å². The number of sulfonamides is 1. The molecule has 1 aromatic rings. The molecule has 20 heavy (non-hydrogen) atoms. The molecule has 1 aliphatic rings. The zero-order valence-electron chi connectivity index (χ0n) is 10.8. The zero-order chi connectivity index (χ0) is 14.8. The van der Waals surface area contributed by atoms with Crippen LogP contribution in [-0.4, -0.2) is 21.0 Å². The minimum atomic E-state index is -4.06. The van der Waals surface area contributed by atoms with Crippen molar-refractivity contribution in [2.45, 2.75) is 30.6 Å². The highest BCUT2D eigenvalue weighted by Crippen LogP contribution is 2.29. The first kappa shape index (κ1) is 14.9. The van der Waals surface area contributed by atoms with Gasteiger partial charge in [0.15, 0.2) is 0 Å². The third kappa shape index (κ3) is 3.77. The predicted octanol–water partition coefficient (Wildman–Crippen LogP) is 1.82. The summed E-state index contributed by atoms with van der Waals surface area (Å²) in [7, 11) is -4.06. The lowest BCUT2D eigenvalue weighted by Crippen LogP contribution is -2.17.